The van der Waals surface area contributed by atoms with E-state index < -0.39 is 11.9 Å². The van der Waals surface area contributed by atoms with Gasteiger partial charge in [0.15, 0.2) is 0 Å². The van der Waals surface area contributed by atoms with E-state index in [1.165, 1.54) is 12.1 Å². The predicted molar refractivity (Wildman–Crippen MR) is 104 cm³/mol. The van der Waals surface area contributed by atoms with Crippen LogP contribution in [-0.2, 0) is 9.47 Å². The highest BCUT2D eigenvalue weighted by Gasteiger charge is 2.29. The van der Waals surface area contributed by atoms with Crippen molar-refractivity contribution in [1.29, 1.82) is 5.26 Å². The average molecular weight is 414 g/mol. The van der Waals surface area contributed by atoms with Gasteiger partial charge in [-0.05, 0) is 37.8 Å². The van der Waals surface area contributed by atoms with Gasteiger partial charge in [0.25, 0.3) is 0 Å². The van der Waals surface area contributed by atoms with Crippen LogP contribution < -0.4 is 10.5 Å². The van der Waals surface area contributed by atoms with Crippen molar-refractivity contribution in [1.82, 2.24) is 9.78 Å². The van der Waals surface area contributed by atoms with Gasteiger partial charge < -0.3 is 19.9 Å². The molecule has 1 saturated heterocycles. The summed E-state index contributed by atoms with van der Waals surface area (Å²) in [5.41, 5.74) is 6.26. The number of nitrogens with two attached hydrogens (primary N) is 1. The molecule has 2 fully saturated rings. The summed E-state index contributed by atoms with van der Waals surface area (Å²) in [5.74, 6) is 0.0184. The normalized spacial score (nSPS) is 23.7. The summed E-state index contributed by atoms with van der Waals surface area (Å²) in [7, 11) is 0. The van der Waals surface area contributed by atoms with Crippen molar-refractivity contribution in [3.05, 3.63) is 35.6 Å². The van der Waals surface area contributed by atoms with Crippen molar-refractivity contribution in [3.8, 4) is 23.2 Å². The molecule has 30 heavy (non-hydrogen) atoms. The number of carbonyl (C=O) groups excluding carboxylic acids is 1. The van der Waals surface area contributed by atoms with Crippen LogP contribution in [0, 0.1) is 17.1 Å². The Morgan fingerprint density at radius 2 is 2.03 bits per heavy atom. The van der Waals surface area contributed by atoms with Crippen LogP contribution in [-0.4, -0.2) is 41.3 Å². The van der Waals surface area contributed by atoms with Crippen molar-refractivity contribution in [3.63, 3.8) is 0 Å². The van der Waals surface area contributed by atoms with E-state index in [2.05, 4.69) is 0 Å². The highest BCUT2D eigenvalue weighted by Crippen LogP contribution is 2.35. The number of ether oxygens (including phenoxy) is 3. The van der Waals surface area contributed by atoms with Gasteiger partial charge in [-0.15, -0.1) is 0 Å². The molecule has 1 aromatic heterocycles. The Bertz CT molecular complexity index is 956. The maximum Gasteiger partial charge on any atom is 0.404 e. The number of nitriles is 1. The number of hydrogen-bond acceptors (Lipinski definition) is 6. The Morgan fingerprint density at radius 3 is 2.67 bits per heavy atom. The molecule has 9 heteroatoms. The Balaban J connectivity index is 1.59. The summed E-state index contributed by atoms with van der Waals surface area (Å²) >= 11 is 0. The fraction of sp³-hybridized carbons (Fsp3) is 0.476. The van der Waals surface area contributed by atoms with E-state index in [1.807, 2.05) is 10.8 Å². The van der Waals surface area contributed by atoms with Gasteiger partial charge in [0, 0.05) is 18.1 Å². The molecule has 1 aliphatic heterocycles. The Kier molecular flexibility index (Phi) is 5.86. The Hall–Kier alpha value is -3.12. The first-order chi connectivity index (χ1) is 14.5. The Morgan fingerprint density at radius 1 is 1.23 bits per heavy atom. The molecule has 0 unspecified atom stereocenters. The molecule has 4 rings (SSSR count). The molecule has 1 aliphatic carbocycles. The molecule has 1 atom stereocenters. The van der Waals surface area contributed by atoms with Crippen molar-refractivity contribution >= 4 is 6.09 Å². The molecule has 8 nitrogen and oxygen atoms in total. The van der Waals surface area contributed by atoms with E-state index in [9.17, 15) is 9.18 Å². The average Bonchev–Trinajstić information content (AvgIpc) is 3.39. The third-order valence-corrected chi connectivity index (χ3v) is 5.53. The van der Waals surface area contributed by atoms with Gasteiger partial charge >= 0.3 is 6.09 Å². The van der Waals surface area contributed by atoms with Crippen LogP contribution in [0.2, 0.25) is 0 Å². The quantitative estimate of drug-likeness (QED) is 0.803. The lowest BCUT2D eigenvalue weighted by Crippen LogP contribution is -2.29. The lowest BCUT2D eigenvalue weighted by Gasteiger charge is -2.29. The SMILES string of the molecule is N#Cc1ccc(-c2cc(O[C@H]3CCOC3)n(C3CCC(OC(N)=O)CC3)n2)cc1F. The Labute approximate surface area is 173 Å². The molecule has 0 bridgehead atoms. The summed E-state index contributed by atoms with van der Waals surface area (Å²) in [6.45, 7) is 1.17. The standard InChI is InChI=1S/C21H23FN4O4/c22-18-9-13(1-2-14(18)11-23)19-10-20(29-17-7-8-28-12-17)26(25-19)15-3-5-16(6-4-15)30-21(24)27/h1-2,9-10,15-17H,3-8,12H2,(H2,24,27)/t15?,16?,17-/m0/s1. The highest BCUT2D eigenvalue weighted by molar-refractivity contribution is 5.64. The summed E-state index contributed by atoms with van der Waals surface area (Å²) in [5, 5.41) is 13.7. The zero-order valence-electron chi connectivity index (χ0n) is 16.4. The molecular formula is C21H23FN4O4. The van der Waals surface area contributed by atoms with Gasteiger partial charge in [0.05, 0.1) is 30.5 Å². The van der Waals surface area contributed by atoms with Crippen LogP contribution in [0.25, 0.3) is 11.3 Å². The minimum Gasteiger partial charge on any atom is -0.472 e. The van der Waals surface area contributed by atoms with E-state index >= 15 is 0 Å². The number of halogens is 1. The zero-order valence-corrected chi connectivity index (χ0v) is 16.4. The maximum absolute atomic E-state index is 14.1. The molecule has 158 valence electrons. The second-order valence-electron chi connectivity index (χ2n) is 7.59. The zero-order chi connectivity index (χ0) is 21.1. The molecule has 2 N–H and O–H groups in total. The lowest BCUT2D eigenvalue weighted by atomic mass is 9.93. The monoisotopic (exact) mass is 414 g/mol. The van der Waals surface area contributed by atoms with E-state index in [1.54, 1.807) is 12.1 Å². The largest absolute Gasteiger partial charge is 0.472 e. The molecule has 2 aromatic rings. The van der Waals surface area contributed by atoms with Gasteiger partial charge in [-0.1, -0.05) is 6.07 Å². The fourth-order valence-electron chi connectivity index (χ4n) is 3.98. The number of rotatable bonds is 5. The van der Waals surface area contributed by atoms with E-state index in [-0.39, 0.29) is 23.8 Å². The van der Waals surface area contributed by atoms with Crippen LogP contribution in [0.3, 0.4) is 0 Å². The van der Waals surface area contributed by atoms with Crippen LogP contribution >= 0.6 is 0 Å². The molecule has 0 radical (unpaired) electrons. The molecular weight excluding hydrogens is 391 g/mol. The smallest absolute Gasteiger partial charge is 0.404 e. The number of hydrogen-bond donors (Lipinski definition) is 1. The minimum absolute atomic E-state index is 0.00877. The van der Waals surface area contributed by atoms with Crippen LogP contribution in [0.4, 0.5) is 9.18 Å². The van der Waals surface area contributed by atoms with Crippen molar-refractivity contribution in [2.24, 2.45) is 5.73 Å². The summed E-state index contributed by atoms with van der Waals surface area (Å²) < 4.78 is 32.6. The molecule has 1 amide bonds. The van der Waals surface area contributed by atoms with Crippen LogP contribution in [0.1, 0.15) is 43.7 Å². The molecule has 1 saturated carbocycles. The van der Waals surface area contributed by atoms with Crippen molar-refractivity contribution in [2.75, 3.05) is 13.2 Å². The number of amides is 1. The number of aromatic nitrogens is 2. The minimum atomic E-state index is -0.757. The number of primary amides is 1. The van der Waals surface area contributed by atoms with Gasteiger partial charge in [-0.3, -0.25) is 0 Å². The first-order valence-corrected chi connectivity index (χ1v) is 10.0. The van der Waals surface area contributed by atoms with E-state index in [0.717, 1.165) is 19.3 Å². The summed E-state index contributed by atoms with van der Waals surface area (Å²) in [4.78, 5) is 11.0. The second-order valence-corrected chi connectivity index (χ2v) is 7.59. The molecule has 0 spiro atoms. The number of nitrogens with zero attached hydrogens (tertiary/aromatic N) is 3. The van der Waals surface area contributed by atoms with E-state index in [4.69, 9.17) is 30.3 Å². The second kappa shape index (κ2) is 8.71. The van der Waals surface area contributed by atoms with Crippen molar-refractivity contribution in [2.45, 2.75) is 50.4 Å². The van der Waals surface area contributed by atoms with Gasteiger partial charge in [-0.2, -0.15) is 10.4 Å². The number of carbonyl (C=O) groups is 1. The molecule has 2 aliphatic rings. The van der Waals surface area contributed by atoms with E-state index in [0.29, 0.717) is 43.2 Å². The van der Waals surface area contributed by atoms with Crippen LogP contribution in [0.5, 0.6) is 5.88 Å². The molecule has 2 heterocycles. The van der Waals surface area contributed by atoms with Crippen LogP contribution in [0.15, 0.2) is 24.3 Å². The molecule has 1 aromatic carbocycles. The summed E-state index contributed by atoms with van der Waals surface area (Å²) in [6, 6.07) is 8.11. The fourth-order valence-corrected chi connectivity index (χ4v) is 3.98. The third kappa shape index (κ3) is 4.39. The topological polar surface area (TPSA) is 112 Å². The summed E-state index contributed by atoms with van der Waals surface area (Å²) in [6.07, 6.45) is 2.66. The third-order valence-electron chi connectivity index (χ3n) is 5.53. The first kappa shape index (κ1) is 20.2. The van der Waals surface area contributed by atoms with Gasteiger partial charge in [-0.25, -0.2) is 13.9 Å². The van der Waals surface area contributed by atoms with Gasteiger partial charge in [0.1, 0.15) is 24.1 Å². The first-order valence-electron chi connectivity index (χ1n) is 10.0. The van der Waals surface area contributed by atoms with Crippen molar-refractivity contribution < 1.29 is 23.4 Å². The lowest BCUT2D eigenvalue weighted by molar-refractivity contribution is 0.0676. The maximum atomic E-state index is 14.1. The van der Waals surface area contributed by atoms with Gasteiger partial charge in [0.2, 0.25) is 5.88 Å². The predicted octanol–water partition coefficient (Wildman–Crippen LogP) is 3.31. The number of benzene rings is 1. The highest BCUT2D eigenvalue weighted by atomic mass is 19.1.